The molecule has 0 radical (unpaired) electrons. The number of hydrogen-bond donors (Lipinski definition) is 3. The molecule has 0 saturated carbocycles. The highest BCUT2D eigenvalue weighted by Crippen LogP contribution is 2.45. The monoisotopic (exact) mass is 581 g/mol. The minimum Gasteiger partial charge on any atom is -0.446 e. The number of benzene rings is 1. The number of anilines is 3. The van der Waals surface area contributed by atoms with Crippen LogP contribution in [0.5, 0.6) is 0 Å². The molecule has 1 saturated heterocycles. The van der Waals surface area contributed by atoms with E-state index in [0.717, 1.165) is 29.9 Å². The number of nitrogens with zero attached hydrogens (tertiary/aromatic N) is 2. The summed E-state index contributed by atoms with van der Waals surface area (Å²) in [6.07, 6.45) is 4.40. The Morgan fingerprint density at radius 2 is 1.88 bits per heavy atom. The van der Waals surface area contributed by atoms with Crippen LogP contribution in [0, 0.1) is 12.7 Å². The highest BCUT2D eigenvalue weighted by molar-refractivity contribution is 6.74. The van der Waals surface area contributed by atoms with Crippen LogP contribution in [0.4, 0.5) is 26.4 Å². The summed E-state index contributed by atoms with van der Waals surface area (Å²) in [6, 6.07) is 3.39. The topological polar surface area (TPSA) is 121 Å². The van der Waals surface area contributed by atoms with Gasteiger partial charge in [0.1, 0.15) is 11.9 Å². The molecular weight excluding hydrogens is 541 g/mol. The number of nitrogens with one attached hydrogen (secondary N) is 2. The van der Waals surface area contributed by atoms with E-state index in [4.69, 9.17) is 24.6 Å². The van der Waals surface area contributed by atoms with Crippen molar-refractivity contribution in [1.29, 1.82) is 0 Å². The van der Waals surface area contributed by atoms with Crippen LogP contribution >= 0.6 is 0 Å². The van der Waals surface area contributed by atoms with E-state index < -0.39 is 20.2 Å². The summed E-state index contributed by atoms with van der Waals surface area (Å²) in [4.78, 5) is 21.5. The van der Waals surface area contributed by atoms with E-state index in [1.165, 1.54) is 6.20 Å². The maximum Gasteiger partial charge on any atom is 0.413 e. The first-order valence-corrected chi connectivity index (χ1v) is 17.1. The Balaban J connectivity index is 1.46. The number of aromatic nitrogens is 2. The quantitative estimate of drug-likeness (QED) is 0.219. The first kappa shape index (κ1) is 29.2. The predicted octanol–water partition coefficient (Wildman–Crippen LogP) is 6.93. The van der Waals surface area contributed by atoms with Gasteiger partial charge in [0.15, 0.2) is 14.1 Å². The van der Waals surface area contributed by atoms with Crippen LogP contribution in [-0.4, -0.2) is 50.2 Å². The molecular formula is C30H40FN5O4Si. The normalized spacial score (nSPS) is 18.1. The van der Waals surface area contributed by atoms with Crippen molar-refractivity contribution in [2.24, 2.45) is 0 Å². The number of rotatable bonds is 5. The van der Waals surface area contributed by atoms with Gasteiger partial charge in [0.05, 0.1) is 36.4 Å². The number of nitrogens with two attached hydrogens (primary N) is 1. The van der Waals surface area contributed by atoms with E-state index in [1.807, 2.05) is 6.92 Å². The zero-order chi connectivity index (χ0) is 29.5. The molecule has 11 heteroatoms. The summed E-state index contributed by atoms with van der Waals surface area (Å²) in [5.74, 6) is -0.243. The van der Waals surface area contributed by atoms with E-state index >= 15 is 4.39 Å². The Morgan fingerprint density at radius 1 is 1.15 bits per heavy atom. The molecule has 1 aromatic carbocycles. The average Bonchev–Trinajstić information content (AvgIpc) is 2.91. The van der Waals surface area contributed by atoms with Crippen LogP contribution in [0.2, 0.25) is 18.1 Å². The Kier molecular flexibility index (Phi) is 7.97. The van der Waals surface area contributed by atoms with Crippen LogP contribution in [0.15, 0.2) is 24.5 Å². The average molecular weight is 582 g/mol. The molecule has 3 aromatic rings. The molecule has 5 rings (SSSR count). The van der Waals surface area contributed by atoms with Crippen LogP contribution < -0.4 is 16.4 Å². The summed E-state index contributed by atoms with van der Waals surface area (Å²) in [5, 5.41) is 7.32. The van der Waals surface area contributed by atoms with Crippen LogP contribution in [0.25, 0.3) is 21.9 Å². The van der Waals surface area contributed by atoms with Crippen molar-refractivity contribution < 1.29 is 23.1 Å². The van der Waals surface area contributed by atoms with E-state index in [-0.39, 0.29) is 22.9 Å². The molecule has 4 N–H and O–H groups in total. The van der Waals surface area contributed by atoms with Gasteiger partial charge in [0.25, 0.3) is 0 Å². The molecule has 41 heavy (non-hydrogen) atoms. The van der Waals surface area contributed by atoms with Gasteiger partial charge in [-0.3, -0.25) is 10.3 Å². The lowest BCUT2D eigenvalue weighted by Gasteiger charge is -2.40. The summed E-state index contributed by atoms with van der Waals surface area (Å²) in [7, 11) is -2.03. The zero-order valence-corrected chi connectivity index (χ0v) is 25.7. The number of nitrogen functional groups attached to an aromatic ring is 1. The number of amides is 1. The van der Waals surface area contributed by atoms with Gasteiger partial charge in [-0.25, -0.2) is 14.2 Å². The number of hydrogen-bond acceptors (Lipinski definition) is 8. The fourth-order valence-corrected chi connectivity index (χ4v) is 6.41. The van der Waals surface area contributed by atoms with Crippen molar-refractivity contribution in [2.45, 2.75) is 77.3 Å². The fraction of sp³-hybridized carbons (Fsp3) is 0.500. The largest absolute Gasteiger partial charge is 0.446 e. The maximum atomic E-state index is 15.7. The van der Waals surface area contributed by atoms with Gasteiger partial charge < -0.3 is 25.0 Å². The molecule has 220 valence electrons. The second-order valence-electron chi connectivity index (χ2n) is 12.4. The fourth-order valence-electron chi connectivity index (χ4n) is 5.11. The molecule has 1 fully saturated rings. The molecule has 1 amide bonds. The first-order valence-electron chi connectivity index (χ1n) is 14.2. The molecule has 0 aliphatic carbocycles. The molecule has 2 aliphatic rings. The highest BCUT2D eigenvalue weighted by atomic mass is 28.4. The lowest BCUT2D eigenvalue weighted by Crippen LogP contribution is -2.43. The standard InChI is InChI=1S/C30H40FN5O4Si/c1-17-21(15-35-28-23(7-10-33-27(17)28)40-41(5,6)30(2,3)4)20-13-18-14-24(34-16-22(18)26(32)25(20)31)36-29(37)39-19-8-11-38-12-9-19/h13-16,19,23,33H,7-12,32H2,1-6H3,(H,34,36,37). The van der Waals surface area contributed by atoms with E-state index in [0.29, 0.717) is 53.8 Å². The number of fused-ring (bicyclic) bond motifs is 2. The van der Waals surface area contributed by atoms with Crippen LogP contribution in [-0.2, 0) is 13.9 Å². The number of ether oxygens (including phenoxy) is 2. The van der Waals surface area contributed by atoms with Crippen molar-refractivity contribution in [1.82, 2.24) is 9.97 Å². The zero-order valence-electron chi connectivity index (χ0n) is 24.7. The third-order valence-electron chi connectivity index (χ3n) is 8.59. The van der Waals surface area contributed by atoms with Gasteiger partial charge in [-0.05, 0) is 54.6 Å². The second kappa shape index (κ2) is 11.2. The third kappa shape index (κ3) is 5.88. The van der Waals surface area contributed by atoms with Gasteiger partial charge in [0, 0.05) is 48.3 Å². The van der Waals surface area contributed by atoms with Crippen molar-refractivity contribution in [3.63, 3.8) is 0 Å². The molecule has 2 aromatic heterocycles. The third-order valence-corrected chi connectivity index (χ3v) is 13.1. The Bertz CT molecular complexity index is 1470. The molecule has 4 heterocycles. The number of halogens is 1. The molecule has 9 nitrogen and oxygen atoms in total. The smallest absolute Gasteiger partial charge is 0.413 e. The van der Waals surface area contributed by atoms with Crippen molar-refractivity contribution in [3.05, 3.63) is 41.6 Å². The summed E-state index contributed by atoms with van der Waals surface area (Å²) in [6.45, 7) is 15.0. The van der Waals surface area contributed by atoms with E-state index in [2.05, 4.69) is 49.5 Å². The van der Waals surface area contributed by atoms with E-state index in [1.54, 1.807) is 18.3 Å². The van der Waals surface area contributed by atoms with Gasteiger partial charge in [0.2, 0.25) is 0 Å². The van der Waals surface area contributed by atoms with Crippen LogP contribution in [0.1, 0.15) is 57.4 Å². The minimum absolute atomic E-state index is 0.00875. The van der Waals surface area contributed by atoms with Gasteiger partial charge in [-0.1, -0.05) is 20.8 Å². The summed E-state index contributed by atoms with van der Waals surface area (Å²) < 4.78 is 33.3. The first-order chi connectivity index (χ1) is 19.4. The SMILES string of the molecule is Cc1c(-c2cc3cc(NC(=O)OC4CCOCC4)ncc3c(N)c2F)cnc2c1NCCC2O[Si](C)(C)C(C)(C)C. The molecule has 0 bridgehead atoms. The van der Waals surface area contributed by atoms with Crippen molar-refractivity contribution in [3.8, 4) is 11.1 Å². The second-order valence-corrected chi connectivity index (χ2v) is 17.2. The Hall–Kier alpha value is -3.28. The molecule has 2 aliphatic heterocycles. The van der Waals surface area contributed by atoms with Gasteiger partial charge in [-0.15, -0.1) is 0 Å². The molecule has 1 atom stereocenters. The molecule has 1 unspecified atom stereocenters. The van der Waals surface area contributed by atoms with Crippen LogP contribution in [0.3, 0.4) is 0 Å². The van der Waals surface area contributed by atoms with Crippen molar-refractivity contribution in [2.75, 3.05) is 36.1 Å². The number of carbonyl (C=O) groups is 1. The highest BCUT2D eigenvalue weighted by Gasteiger charge is 2.41. The summed E-state index contributed by atoms with van der Waals surface area (Å²) >= 11 is 0. The molecule has 0 spiro atoms. The van der Waals surface area contributed by atoms with Crippen molar-refractivity contribution >= 4 is 42.4 Å². The lowest BCUT2D eigenvalue weighted by molar-refractivity contribution is 0.00590. The minimum atomic E-state index is -2.03. The summed E-state index contributed by atoms with van der Waals surface area (Å²) in [5.41, 5.74) is 9.84. The number of carbonyl (C=O) groups excluding carboxylic acids is 1. The lowest BCUT2D eigenvalue weighted by atomic mass is 9.94. The Labute approximate surface area is 241 Å². The van der Waals surface area contributed by atoms with E-state index in [9.17, 15) is 4.79 Å². The Morgan fingerprint density at radius 3 is 2.59 bits per heavy atom. The van der Waals surface area contributed by atoms with Gasteiger partial charge in [-0.2, -0.15) is 0 Å². The maximum absolute atomic E-state index is 15.7. The van der Waals surface area contributed by atoms with Gasteiger partial charge >= 0.3 is 6.09 Å². The number of pyridine rings is 2. The predicted molar refractivity (Wildman–Crippen MR) is 162 cm³/mol.